The molecule has 0 unspecified atom stereocenters. The second-order valence-corrected chi connectivity index (χ2v) is 4.74. The third-order valence-corrected chi connectivity index (χ3v) is 2.78. The summed E-state index contributed by atoms with van der Waals surface area (Å²) >= 11 is 0. The van der Waals surface area contributed by atoms with E-state index in [1.165, 1.54) is 0 Å². The minimum absolute atomic E-state index is 0. The van der Waals surface area contributed by atoms with Gasteiger partial charge in [0.15, 0.2) is 0 Å². The summed E-state index contributed by atoms with van der Waals surface area (Å²) in [5.41, 5.74) is 0. The van der Waals surface area contributed by atoms with Crippen LogP contribution in [-0.2, 0) is 9.47 Å². The van der Waals surface area contributed by atoms with E-state index in [9.17, 15) is 0 Å². The Hall–Kier alpha value is -0.0151. The van der Waals surface area contributed by atoms with E-state index in [0.29, 0.717) is 18.4 Å². The Kier molecular flexibility index (Phi) is 9.33. The fourth-order valence-corrected chi connectivity index (χ4v) is 1.95. The molecule has 0 spiro atoms. The minimum Gasteiger partial charge on any atom is -0.382 e. The van der Waals surface area contributed by atoms with Gasteiger partial charge >= 0.3 is 0 Å². The number of hydrogen-bond donors (Lipinski definition) is 0. The standard InChI is InChI=1S/C11H21BO2.2CH4/c1-7(2)9-5-11(12)14-10(9)6-13-8(3)4;;/h7-11H,5-6H2,1-4H3;2*1H4/t9-,10+,11+;;/m0../s1. The molecule has 0 aliphatic carbocycles. The van der Waals surface area contributed by atoms with Crippen LogP contribution in [-0.4, -0.2) is 32.7 Å². The maximum Gasteiger partial charge on any atom is 0.109 e. The summed E-state index contributed by atoms with van der Waals surface area (Å²) < 4.78 is 11.2. The van der Waals surface area contributed by atoms with Gasteiger partial charge in [0, 0.05) is 6.00 Å². The molecular weight excluding hydrogens is 199 g/mol. The van der Waals surface area contributed by atoms with Crippen LogP contribution in [0.3, 0.4) is 0 Å². The topological polar surface area (TPSA) is 18.5 Å². The number of rotatable bonds is 4. The quantitative estimate of drug-likeness (QED) is 0.687. The molecule has 0 aromatic rings. The lowest BCUT2D eigenvalue weighted by Crippen LogP contribution is -2.27. The summed E-state index contributed by atoms with van der Waals surface area (Å²) in [6.07, 6.45) is 1.42. The highest BCUT2D eigenvalue weighted by molar-refractivity contribution is 6.11. The van der Waals surface area contributed by atoms with Gasteiger partial charge in [-0.05, 0) is 32.1 Å². The normalized spacial score (nSPS) is 29.0. The Labute approximate surface area is 104 Å². The molecule has 1 fully saturated rings. The summed E-state index contributed by atoms with van der Waals surface area (Å²) in [7, 11) is 5.78. The van der Waals surface area contributed by atoms with E-state index in [-0.39, 0.29) is 33.1 Å². The van der Waals surface area contributed by atoms with Crippen molar-refractivity contribution in [3.8, 4) is 0 Å². The Morgan fingerprint density at radius 3 is 2.25 bits per heavy atom. The van der Waals surface area contributed by atoms with Crippen molar-refractivity contribution >= 4 is 7.85 Å². The highest BCUT2D eigenvalue weighted by atomic mass is 16.5. The Balaban J connectivity index is 0. The molecule has 1 heterocycles. The molecule has 1 rings (SSSR count). The Morgan fingerprint density at radius 2 is 1.81 bits per heavy atom. The monoisotopic (exact) mass is 228 g/mol. The molecule has 0 N–H and O–H groups in total. The van der Waals surface area contributed by atoms with Gasteiger partial charge in [0.1, 0.15) is 7.85 Å². The molecule has 0 amide bonds. The predicted octanol–water partition coefficient (Wildman–Crippen LogP) is 3.24. The lowest BCUT2D eigenvalue weighted by Gasteiger charge is -2.22. The highest BCUT2D eigenvalue weighted by Crippen LogP contribution is 2.31. The predicted molar refractivity (Wildman–Crippen MR) is 71.9 cm³/mol. The van der Waals surface area contributed by atoms with Crippen LogP contribution in [0.5, 0.6) is 0 Å². The molecule has 0 aromatic carbocycles. The lowest BCUT2D eigenvalue weighted by atomic mass is 9.84. The molecular formula is C13H29BO2. The molecule has 1 aliphatic rings. The second kappa shape index (κ2) is 8.13. The summed E-state index contributed by atoms with van der Waals surface area (Å²) in [4.78, 5) is 0. The van der Waals surface area contributed by atoms with E-state index in [2.05, 4.69) is 13.8 Å². The van der Waals surface area contributed by atoms with Crippen molar-refractivity contribution in [1.82, 2.24) is 0 Å². The molecule has 16 heavy (non-hydrogen) atoms. The van der Waals surface area contributed by atoms with E-state index >= 15 is 0 Å². The third-order valence-electron chi connectivity index (χ3n) is 2.78. The maximum absolute atomic E-state index is 5.78. The van der Waals surface area contributed by atoms with Crippen molar-refractivity contribution in [2.75, 3.05) is 6.61 Å². The van der Waals surface area contributed by atoms with Crippen molar-refractivity contribution in [2.24, 2.45) is 11.8 Å². The van der Waals surface area contributed by atoms with Crippen molar-refractivity contribution in [1.29, 1.82) is 0 Å². The van der Waals surface area contributed by atoms with Gasteiger partial charge in [0.2, 0.25) is 0 Å². The minimum atomic E-state index is -0.0943. The average molecular weight is 228 g/mol. The largest absolute Gasteiger partial charge is 0.382 e. The fraction of sp³-hybridized carbons (Fsp3) is 1.00. The number of hydrogen-bond acceptors (Lipinski definition) is 2. The molecule has 3 atom stereocenters. The molecule has 2 nitrogen and oxygen atoms in total. The zero-order chi connectivity index (χ0) is 10.7. The van der Waals surface area contributed by atoms with Gasteiger partial charge in [-0.1, -0.05) is 28.7 Å². The first-order valence-corrected chi connectivity index (χ1v) is 5.53. The molecule has 1 saturated heterocycles. The van der Waals surface area contributed by atoms with E-state index in [4.69, 9.17) is 17.3 Å². The highest BCUT2D eigenvalue weighted by Gasteiger charge is 2.34. The molecule has 96 valence electrons. The third kappa shape index (κ3) is 5.35. The van der Waals surface area contributed by atoms with Crippen LogP contribution in [0.1, 0.15) is 49.0 Å². The molecule has 0 bridgehead atoms. The van der Waals surface area contributed by atoms with Crippen LogP contribution in [0.15, 0.2) is 0 Å². The van der Waals surface area contributed by atoms with Crippen molar-refractivity contribution in [3.63, 3.8) is 0 Å². The van der Waals surface area contributed by atoms with Gasteiger partial charge in [-0.2, -0.15) is 0 Å². The van der Waals surface area contributed by atoms with Crippen LogP contribution in [0.2, 0.25) is 0 Å². The van der Waals surface area contributed by atoms with Crippen LogP contribution in [0.4, 0.5) is 0 Å². The Morgan fingerprint density at radius 1 is 1.25 bits per heavy atom. The summed E-state index contributed by atoms with van der Waals surface area (Å²) in [6.45, 7) is 9.19. The van der Waals surface area contributed by atoms with Gasteiger partial charge < -0.3 is 9.47 Å². The maximum atomic E-state index is 5.78. The van der Waals surface area contributed by atoms with E-state index < -0.39 is 0 Å². The molecule has 1 aliphatic heterocycles. The zero-order valence-corrected chi connectivity index (χ0v) is 9.69. The van der Waals surface area contributed by atoms with Gasteiger partial charge in [0.25, 0.3) is 0 Å². The lowest BCUT2D eigenvalue weighted by molar-refractivity contribution is -0.0329. The summed E-state index contributed by atoms with van der Waals surface area (Å²) in [5.74, 6) is 1.16. The van der Waals surface area contributed by atoms with Crippen molar-refractivity contribution in [2.45, 2.75) is 67.2 Å². The van der Waals surface area contributed by atoms with Gasteiger partial charge in [-0.15, -0.1) is 0 Å². The molecule has 0 aromatic heterocycles. The smallest absolute Gasteiger partial charge is 0.109 e. The van der Waals surface area contributed by atoms with Crippen LogP contribution in [0, 0.1) is 11.8 Å². The zero-order valence-electron chi connectivity index (χ0n) is 9.69. The second-order valence-electron chi connectivity index (χ2n) is 4.74. The van der Waals surface area contributed by atoms with Gasteiger partial charge in [0.05, 0.1) is 18.8 Å². The van der Waals surface area contributed by atoms with Crippen molar-refractivity contribution in [3.05, 3.63) is 0 Å². The first-order chi connectivity index (χ1) is 6.50. The summed E-state index contributed by atoms with van der Waals surface area (Å²) in [5, 5.41) is 0. The fourth-order valence-electron chi connectivity index (χ4n) is 1.95. The first-order valence-electron chi connectivity index (χ1n) is 5.53. The van der Waals surface area contributed by atoms with Crippen LogP contribution >= 0.6 is 0 Å². The average Bonchev–Trinajstić information content (AvgIpc) is 2.43. The SMILES string of the molecule is C.C.[B][C@H]1C[C@@H](C(C)C)[C@@H](COC(C)C)O1. The van der Waals surface area contributed by atoms with Gasteiger partial charge in [-0.3, -0.25) is 0 Å². The van der Waals surface area contributed by atoms with Gasteiger partial charge in [-0.25, -0.2) is 0 Å². The van der Waals surface area contributed by atoms with Crippen molar-refractivity contribution < 1.29 is 9.47 Å². The molecule has 0 saturated carbocycles. The van der Waals surface area contributed by atoms with Crippen LogP contribution in [0.25, 0.3) is 0 Å². The van der Waals surface area contributed by atoms with E-state index in [1.807, 2.05) is 13.8 Å². The molecule has 3 heteroatoms. The van der Waals surface area contributed by atoms with E-state index in [0.717, 1.165) is 6.42 Å². The summed E-state index contributed by atoms with van der Waals surface area (Å²) in [6, 6.07) is -0.0943. The Bertz CT molecular complexity index is 171. The van der Waals surface area contributed by atoms with E-state index in [1.54, 1.807) is 0 Å². The first kappa shape index (κ1) is 18.4. The number of ether oxygens (including phenoxy) is 2. The molecule has 2 radical (unpaired) electrons. The van der Waals surface area contributed by atoms with Crippen LogP contribution < -0.4 is 0 Å².